The Bertz CT molecular complexity index is 652. The molecule has 2 aromatic rings. The van der Waals surface area contributed by atoms with E-state index in [-0.39, 0.29) is 5.75 Å². The number of nitrogens with zero attached hydrogens (tertiary/aromatic N) is 1. The molecular formula is C18H20N2O2. The summed E-state index contributed by atoms with van der Waals surface area (Å²) in [6.45, 7) is 6.08. The molecule has 0 atom stereocenters. The van der Waals surface area contributed by atoms with Gasteiger partial charge in [-0.3, -0.25) is 5.43 Å². The van der Waals surface area contributed by atoms with Crippen molar-refractivity contribution in [2.75, 3.05) is 12.0 Å². The molecule has 0 aliphatic heterocycles. The van der Waals surface area contributed by atoms with E-state index in [0.717, 1.165) is 16.8 Å². The Kier molecular flexibility index (Phi) is 5.60. The summed E-state index contributed by atoms with van der Waals surface area (Å²) in [6, 6.07) is 13.3. The summed E-state index contributed by atoms with van der Waals surface area (Å²) >= 11 is 0. The smallest absolute Gasteiger partial charge is 0.161 e. The van der Waals surface area contributed by atoms with Gasteiger partial charge >= 0.3 is 0 Å². The third kappa shape index (κ3) is 4.12. The number of hydrogen-bond donors (Lipinski definition) is 2. The molecule has 4 nitrogen and oxygen atoms in total. The van der Waals surface area contributed by atoms with Gasteiger partial charge in [-0.15, -0.1) is 6.58 Å². The highest BCUT2D eigenvalue weighted by molar-refractivity contribution is 5.82. The van der Waals surface area contributed by atoms with Gasteiger partial charge in [-0.25, -0.2) is 0 Å². The van der Waals surface area contributed by atoms with Crippen molar-refractivity contribution < 1.29 is 9.84 Å². The van der Waals surface area contributed by atoms with Crippen LogP contribution < -0.4 is 10.2 Å². The van der Waals surface area contributed by atoms with Crippen LogP contribution in [0.25, 0.3) is 0 Å². The van der Waals surface area contributed by atoms with Crippen LogP contribution in [0.5, 0.6) is 11.5 Å². The fourth-order valence-electron chi connectivity index (χ4n) is 2.03. The summed E-state index contributed by atoms with van der Waals surface area (Å²) < 4.78 is 5.46. The topological polar surface area (TPSA) is 53.9 Å². The number of nitrogens with one attached hydrogen (secondary N) is 1. The fourth-order valence-corrected chi connectivity index (χ4v) is 2.03. The summed E-state index contributed by atoms with van der Waals surface area (Å²) in [5.41, 5.74) is 5.48. The molecule has 0 unspecified atom stereocenters. The Morgan fingerprint density at radius 2 is 2.05 bits per heavy atom. The molecule has 22 heavy (non-hydrogen) atoms. The molecule has 0 saturated carbocycles. The van der Waals surface area contributed by atoms with E-state index in [0.29, 0.717) is 18.8 Å². The molecule has 0 saturated heterocycles. The summed E-state index contributed by atoms with van der Waals surface area (Å²) in [5, 5.41) is 14.4. The monoisotopic (exact) mass is 296 g/mol. The van der Waals surface area contributed by atoms with Crippen molar-refractivity contribution in [3.8, 4) is 11.5 Å². The van der Waals surface area contributed by atoms with Gasteiger partial charge in [0, 0.05) is 5.56 Å². The average molecular weight is 296 g/mol. The maximum absolute atomic E-state index is 10.1. The lowest BCUT2D eigenvalue weighted by molar-refractivity contribution is 0.317. The number of aromatic hydroxyl groups is 1. The van der Waals surface area contributed by atoms with Gasteiger partial charge in [0.05, 0.1) is 18.5 Å². The first-order valence-electron chi connectivity index (χ1n) is 7.18. The van der Waals surface area contributed by atoms with Crippen LogP contribution >= 0.6 is 0 Å². The summed E-state index contributed by atoms with van der Waals surface area (Å²) in [5.74, 6) is 0.623. The van der Waals surface area contributed by atoms with E-state index >= 15 is 0 Å². The SMILES string of the molecule is C=CCc1cc(/C=N\Nc2ccccc2)cc(OCC)c1O. The molecule has 0 fully saturated rings. The van der Waals surface area contributed by atoms with Gasteiger partial charge in [-0.2, -0.15) is 5.10 Å². The van der Waals surface area contributed by atoms with Crippen molar-refractivity contribution >= 4 is 11.9 Å². The van der Waals surface area contributed by atoms with Crippen LogP contribution in [0.15, 0.2) is 60.2 Å². The lowest BCUT2D eigenvalue weighted by atomic mass is 10.1. The zero-order chi connectivity index (χ0) is 15.8. The number of hydrogen-bond acceptors (Lipinski definition) is 4. The summed E-state index contributed by atoms with van der Waals surface area (Å²) in [7, 11) is 0. The van der Waals surface area contributed by atoms with Crippen molar-refractivity contribution in [2.45, 2.75) is 13.3 Å². The Labute approximate surface area is 130 Å². The number of allylic oxidation sites excluding steroid dienone is 1. The van der Waals surface area contributed by atoms with Gasteiger partial charge in [0.25, 0.3) is 0 Å². The van der Waals surface area contributed by atoms with Gasteiger partial charge in [-0.1, -0.05) is 24.3 Å². The molecule has 114 valence electrons. The molecule has 0 spiro atoms. The molecule has 0 bridgehead atoms. The predicted octanol–water partition coefficient (Wildman–Crippen LogP) is 3.97. The highest BCUT2D eigenvalue weighted by Crippen LogP contribution is 2.31. The number of hydrazone groups is 1. The van der Waals surface area contributed by atoms with Crippen LogP contribution in [0.3, 0.4) is 0 Å². The van der Waals surface area contributed by atoms with E-state index in [1.54, 1.807) is 18.4 Å². The summed E-state index contributed by atoms with van der Waals surface area (Å²) in [4.78, 5) is 0. The van der Waals surface area contributed by atoms with E-state index in [2.05, 4.69) is 17.1 Å². The second-order valence-electron chi connectivity index (χ2n) is 4.69. The van der Waals surface area contributed by atoms with Crippen LogP contribution in [0, 0.1) is 0 Å². The highest BCUT2D eigenvalue weighted by atomic mass is 16.5. The number of rotatable bonds is 7. The normalized spacial score (nSPS) is 10.6. The molecule has 0 aromatic heterocycles. The number of ether oxygens (including phenoxy) is 1. The minimum absolute atomic E-state index is 0.162. The maximum atomic E-state index is 10.1. The van der Waals surface area contributed by atoms with Crippen LogP contribution in [0.2, 0.25) is 0 Å². The van der Waals surface area contributed by atoms with Crippen molar-refractivity contribution in [1.29, 1.82) is 0 Å². The Morgan fingerprint density at radius 3 is 2.73 bits per heavy atom. The lowest BCUT2D eigenvalue weighted by Crippen LogP contribution is -1.97. The molecule has 0 radical (unpaired) electrons. The third-order valence-corrected chi connectivity index (χ3v) is 3.02. The van der Waals surface area contributed by atoms with Crippen molar-refractivity contribution in [2.24, 2.45) is 5.10 Å². The molecule has 0 heterocycles. The Hall–Kier alpha value is -2.75. The first-order chi connectivity index (χ1) is 10.7. The van der Waals surface area contributed by atoms with Crippen LogP contribution in [0.4, 0.5) is 5.69 Å². The minimum atomic E-state index is 0.162. The molecule has 0 amide bonds. The van der Waals surface area contributed by atoms with E-state index in [4.69, 9.17) is 4.74 Å². The number of phenols is 1. The average Bonchev–Trinajstić information content (AvgIpc) is 2.53. The molecule has 0 aliphatic carbocycles. The predicted molar refractivity (Wildman–Crippen MR) is 90.8 cm³/mol. The zero-order valence-corrected chi connectivity index (χ0v) is 12.6. The largest absolute Gasteiger partial charge is 0.504 e. The van der Waals surface area contributed by atoms with Crippen LogP contribution in [-0.4, -0.2) is 17.9 Å². The first kappa shape index (κ1) is 15.6. The van der Waals surface area contributed by atoms with Crippen molar-refractivity contribution in [3.05, 3.63) is 66.2 Å². The molecular weight excluding hydrogens is 276 g/mol. The highest BCUT2D eigenvalue weighted by Gasteiger charge is 2.09. The maximum Gasteiger partial charge on any atom is 0.161 e. The van der Waals surface area contributed by atoms with Crippen molar-refractivity contribution in [3.63, 3.8) is 0 Å². The van der Waals surface area contributed by atoms with Crippen LogP contribution in [0.1, 0.15) is 18.1 Å². The number of anilines is 1. The van der Waals surface area contributed by atoms with Gasteiger partial charge < -0.3 is 9.84 Å². The molecule has 4 heteroatoms. The van der Waals surface area contributed by atoms with Gasteiger partial charge in [-0.05, 0) is 43.2 Å². The molecule has 0 aliphatic rings. The number of benzene rings is 2. The quantitative estimate of drug-likeness (QED) is 0.462. The lowest BCUT2D eigenvalue weighted by Gasteiger charge is -2.10. The molecule has 2 aromatic carbocycles. The first-order valence-corrected chi connectivity index (χ1v) is 7.18. The second-order valence-corrected chi connectivity index (χ2v) is 4.69. The molecule has 2 N–H and O–H groups in total. The van der Waals surface area contributed by atoms with Gasteiger partial charge in [0.2, 0.25) is 0 Å². The van der Waals surface area contributed by atoms with E-state index in [1.165, 1.54) is 0 Å². The van der Waals surface area contributed by atoms with Gasteiger partial charge in [0.1, 0.15) is 0 Å². The van der Waals surface area contributed by atoms with E-state index in [1.807, 2.05) is 43.3 Å². The van der Waals surface area contributed by atoms with E-state index < -0.39 is 0 Å². The number of para-hydroxylation sites is 1. The van der Waals surface area contributed by atoms with Crippen molar-refractivity contribution in [1.82, 2.24) is 0 Å². The minimum Gasteiger partial charge on any atom is -0.504 e. The van der Waals surface area contributed by atoms with E-state index in [9.17, 15) is 5.11 Å². The Balaban J connectivity index is 2.20. The Morgan fingerprint density at radius 1 is 1.27 bits per heavy atom. The second kappa shape index (κ2) is 7.88. The standard InChI is InChI=1S/C18H20N2O2/c1-3-8-15-11-14(12-17(18(15)21)22-4-2)13-19-20-16-9-6-5-7-10-16/h3,5-7,9-13,20-21H,1,4,8H2,2H3/b19-13-. The fraction of sp³-hybridized carbons (Fsp3) is 0.167. The summed E-state index contributed by atoms with van der Waals surface area (Å²) in [6.07, 6.45) is 4.01. The molecule has 2 rings (SSSR count). The van der Waals surface area contributed by atoms with Gasteiger partial charge in [0.15, 0.2) is 11.5 Å². The van der Waals surface area contributed by atoms with Crippen LogP contribution in [-0.2, 0) is 6.42 Å². The third-order valence-electron chi connectivity index (χ3n) is 3.02. The zero-order valence-electron chi connectivity index (χ0n) is 12.6. The number of phenolic OH excluding ortho intramolecular Hbond substituents is 1.